The number of aromatic nitrogens is 2. The molecule has 3 rings (SSSR count). The van der Waals surface area contributed by atoms with Gasteiger partial charge in [-0.3, -0.25) is 0 Å². The van der Waals surface area contributed by atoms with Gasteiger partial charge in [-0.15, -0.1) is 0 Å². The van der Waals surface area contributed by atoms with Gasteiger partial charge in [-0.2, -0.15) is 9.97 Å². The van der Waals surface area contributed by atoms with Gasteiger partial charge in [-0.1, -0.05) is 72.3 Å². The smallest absolute Gasteiger partial charge is 0.320 e. The lowest BCUT2D eigenvalue weighted by Crippen LogP contribution is -2.07. The third-order valence-corrected chi connectivity index (χ3v) is 3.82. The maximum absolute atomic E-state index is 6.05. The van der Waals surface area contributed by atoms with Gasteiger partial charge in [-0.05, 0) is 11.1 Å². The van der Waals surface area contributed by atoms with Crippen LogP contribution in [0.25, 0.3) is 0 Å². The molecule has 5 heteroatoms. The van der Waals surface area contributed by atoms with Crippen molar-refractivity contribution in [1.29, 1.82) is 0 Å². The van der Waals surface area contributed by atoms with Gasteiger partial charge in [0.15, 0.2) is 0 Å². The Labute approximate surface area is 152 Å². The van der Waals surface area contributed by atoms with Gasteiger partial charge in [-0.25, -0.2) is 0 Å². The molecule has 0 fully saturated rings. The number of nitrogens with zero attached hydrogens (tertiary/aromatic N) is 2. The minimum atomic E-state index is 0.218. The molecule has 0 unspecified atom stereocenters. The minimum Gasteiger partial charge on any atom is -0.476 e. The SMILES string of the molecule is Clc1[c]nc(OCCc2ccccc2)nc1OCCc1ccccc1. The topological polar surface area (TPSA) is 44.2 Å². The molecular formula is C20H18ClN2O2. The first kappa shape index (κ1) is 17.2. The van der Waals surface area contributed by atoms with Crippen LogP contribution in [0.4, 0.5) is 0 Å². The zero-order chi connectivity index (χ0) is 17.3. The Bertz CT molecular complexity index is 782. The highest BCUT2D eigenvalue weighted by Gasteiger charge is 2.08. The van der Waals surface area contributed by atoms with E-state index in [9.17, 15) is 0 Å². The van der Waals surface area contributed by atoms with Crippen molar-refractivity contribution in [3.8, 4) is 11.9 Å². The van der Waals surface area contributed by atoms with E-state index >= 15 is 0 Å². The van der Waals surface area contributed by atoms with Crippen LogP contribution in [-0.4, -0.2) is 23.2 Å². The zero-order valence-corrected chi connectivity index (χ0v) is 14.4. The first-order chi connectivity index (χ1) is 12.3. The normalized spacial score (nSPS) is 10.4. The summed E-state index contributed by atoms with van der Waals surface area (Å²) in [7, 11) is 0. The van der Waals surface area contributed by atoms with E-state index in [1.165, 1.54) is 11.1 Å². The standard InChI is InChI=1S/C20H18ClN2O2/c21-18-15-22-20(25-14-12-17-9-5-2-6-10-17)23-19(18)24-13-11-16-7-3-1-4-8-16/h1-10H,11-14H2. The minimum absolute atomic E-state index is 0.218. The second-order valence-electron chi connectivity index (χ2n) is 5.41. The van der Waals surface area contributed by atoms with Crippen LogP contribution >= 0.6 is 11.6 Å². The first-order valence-corrected chi connectivity index (χ1v) is 8.48. The Balaban J connectivity index is 1.51. The van der Waals surface area contributed by atoms with E-state index in [2.05, 4.69) is 40.4 Å². The highest BCUT2D eigenvalue weighted by atomic mass is 35.5. The molecule has 127 valence electrons. The lowest BCUT2D eigenvalue weighted by molar-refractivity contribution is 0.274. The summed E-state index contributed by atoms with van der Waals surface area (Å²) >= 11 is 6.05. The van der Waals surface area contributed by atoms with Gasteiger partial charge in [0.25, 0.3) is 0 Å². The van der Waals surface area contributed by atoms with Gasteiger partial charge in [0.1, 0.15) is 11.2 Å². The molecule has 4 nitrogen and oxygen atoms in total. The van der Waals surface area contributed by atoms with Crippen molar-refractivity contribution in [3.05, 3.63) is 83.0 Å². The van der Waals surface area contributed by atoms with E-state index < -0.39 is 0 Å². The van der Waals surface area contributed by atoms with Crippen LogP contribution in [0.5, 0.6) is 11.9 Å². The van der Waals surface area contributed by atoms with Gasteiger partial charge in [0.05, 0.1) is 13.2 Å². The maximum Gasteiger partial charge on any atom is 0.320 e. The fourth-order valence-corrected chi connectivity index (χ4v) is 2.42. The van der Waals surface area contributed by atoms with Crippen LogP contribution in [0.2, 0.25) is 5.02 Å². The molecule has 1 radical (unpaired) electrons. The number of rotatable bonds is 8. The summed E-state index contributed by atoms with van der Waals surface area (Å²) in [6, 6.07) is 20.4. The summed E-state index contributed by atoms with van der Waals surface area (Å²) in [5, 5.41) is 0.253. The number of hydrogen-bond acceptors (Lipinski definition) is 4. The van der Waals surface area contributed by atoms with E-state index in [1.807, 2.05) is 36.4 Å². The molecule has 1 aromatic heterocycles. The highest BCUT2D eigenvalue weighted by molar-refractivity contribution is 6.31. The summed E-state index contributed by atoms with van der Waals surface area (Å²) in [4.78, 5) is 8.18. The molecule has 25 heavy (non-hydrogen) atoms. The van der Waals surface area contributed by atoms with E-state index in [1.54, 1.807) is 0 Å². The predicted octanol–water partition coefficient (Wildman–Crippen LogP) is 4.17. The van der Waals surface area contributed by atoms with E-state index in [-0.39, 0.29) is 11.0 Å². The molecule has 2 aromatic carbocycles. The molecule has 0 aliphatic carbocycles. The van der Waals surface area contributed by atoms with E-state index in [4.69, 9.17) is 21.1 Å². The lowest BCUT2D eigenvalue weighted by Gasteiger charge is -2.09. The third-order valence-electron chi connectivity index (χ3n) is 3.57. The van der Waals surface area contributed by atoms with Gasteiger partial charge in [0, 0.05) is 12.8 Å². The summed E-state index contributed by atoms with van der Waals surface area (Å²) in [5.41, 5.74) is 2.38. The Morgan fingerprint density at radius 1 is 0.800 bits per heavy atom. The Morgan fingerprint density at radius 3 is 1.96 bits per heavy atom. The van der Waals surface area contributed by atoms with Crippen molar-refractivity contribution in [2.45, 2.75) is 12.8 Å². The molecule has 0 saturated heterocycles. The van der Waals surface area contributed by atoms with Crippen molar-refractivity contribution in [3.63, 3.8) is 0 Å². The fraction of sp³-hybridized carbons (Fsp3) is 0.200. The number of benzene rings is 2. The quantitative estimate of drug-likeness (QED) is 0.609. The molecule has 0 bridgehead atoms. The second kappa shape index (κ2) is 9.04. The average Bonchev–Trinajstić information content (AvgIpc) is 2.66. The van der Waals surface area contributed by atoms with Gasteiger partial charge < -0.3 is 9.47 Å². The van der Waals surface area contributed by atoms with E-state index in [0.717, 1.165) is 12.8 Å². The molecule has 0 spiro atoms. The van der Waals surface area contributed by atoms with Crippen LogP contribution in [-0.2, 0) is 12.8 Å². The lowest BCUT2D eigenvalue weighted by atomic mass is 10.2. The molecule has 0 saturated carbocycles. The summed E-state index contributed by atoms with van der Waals surface area (Å²) in [6.45, 7) is 0.945. The second-order valence-corrected chi connectivity index (χ2v) is 5.78. The van der Waals surface area contributed by atoms with Crippen LogP contribution in [0.1, 0.15) is 11.1 Å². The molecule has 1 heterocycles. The molecule has 0 atom stereocenters. The highest BCUT2D eigenvalue weighted by Crippen LogP contribution is 2.22. The molecular weight excluding hydrogens is 336 g/mol. The summed E-state index contributed by atoms with van der Waals surface area (Å²) in [5.74, 6) is 0.294. The van der Waals surface area contributed by atoms with Gasteiger partial charge >= 0.3 is 6.01 Å². The van der Waals surface area contributed by atoms with Crippen molar-refractivity contribution in [2.24, 2.45) is 0 Å². The maximum atomic E-state index is 6.05. The Hall–Kier alpha value is -2.59. The molecule has 0 amide bonds. The predicted molar refractivity (Wildman–Crippen MR) is 97.2 cm³/mol. The van der Waals surface area contributed by atoms with Crippen molar-refractivity contribution in [2.75, 3.05) is 13.2 Å². The van der Waals surface area contributed by atoms with Gasteiger partial charge in [0.2, 0.25) is 5.88 Å². The summed E-state index contributed by atoms with van der Waals surface area (Å²) < 4.78 is 11.2. The van der Waals surface area contributed by atoms with Crippen LogP contribution in [0.3, 0.4) is 0 Å². The fourth-order valence-electron chi connectivity index (χ4n) is 2.28. The molecule has 3 aromatic rings. The monoisotopic (exact) mass is 353 g/mol. The number of halogens is 1. The summed E-state index contributed by atoms with van der Waals surface area (Å²) in [6.07, 6.45) is 4.21. The molecule has 0 N–H and O–H groups in total. The Morgan fingerprint density at radius 2 is 1.36 bits per heavy atom. The van der Waals surface area contributed by atoms with E-state index in [0.29, 0.717) is 19.1 Å². The molecule has 0 aliphatic rings. The van der Waals surface area contributed by atoms with Crippen LogP contribution in [0, 0.1) is 6.20 Å². The zero-order valence-electron chi connectivity index (χ0n) is 13.7. The van der Waals surface area contributed by atoms with Crippen molar-refractivity contribution < 1.29 is 9.47 Å². The number of ether oxygens (including phenoxy) is 2. The largest absolute Gasteiger partial charge is 0.476 e. The average molecular weight is 354 g/mol. The van der Waals surface area contributed by atoms with Crippen LogP contribution < -0.4 is 9.47 Å². The van der Waals surface area contributed by atoms with Crippen molar-refractivity contribution in [1.82, 2.24) is 9.97 Å². The van der Waals surface area contributed by atoms with Crippen LogP contribution in [0.15, 0.2) is 60.7 Å². The van der Waals surface area contributed by atoms with Crippen molar-refractivity contribution >= 4 is 11.6 Å². The first-order valence-electron chi connectivity index (χ1n) is 8.10. The molecule has 0 aliphatic heterocycles. The Kier molecular flexibility index (Phi) is 6.23. The number of hydrogen-bond donors (Lipinski definition) is 0. The third kappa shape index (κ3) is 5.47.